The van der Waals surface area contributed by atoms with E-state index >= 15 is 0 Å². The van der Waals surface area contributed by atoms with Crippen LogP contribution >= 0.6 is 0 Å². The van der Waals surface area contributed by atoms with Crippen LogP contribution in [0.25, 0.3) is 0 Å². The minimum atomic E-state index is -3.47. The number of benzene rings is 1. The maximum atomic E-state index is 13.0. The number of hydrogen-bond acceptors (Lipinski definition) is 5. The zero-order valence-corrected chi connectivity index (χ0v) is 20.2. The van der Waals surface area contributed by atoms with Gasteiger partial charge in [-0.3, -0.25) is 4.79 Å². The van der Waals surface area contributed by atoms with Crippen molar-refractivity contribution in [3.05, 3.63) is 23.8 Å². The van der Waals surface area contributed by atoms with Crippen LogP contribution in [0.2, 0.25) is 0 Å². The molecule has 3 rings (SSSR count). The first kappa shape index (κ1) is 24.8. The summed E-state index contributed by atoms with van der Waals surface area (Å²) in [7, 11) is -3.47. The number of nitrogens with one attached hydrogen (secondary N) is 1. The molecule has 0 radical (unpaired) electrons. The Morgan fingerprint density at radius 2 is 1.69 bits per heavy atom. The molecule has 1 atom stereocenters. The Morgan fingerprint density at radius 3 is 2.41 bits per heavy atom. The SMILES string of the molecule is CCOc1ccc(CCNC(=O)C2CCCN(S(=O)(=O)N3CCCCC3)C2)cc1OCC. The molecule has 32 heavy (non-hydrogen) atoms. The standard InChI is InChI=1S/C23H37N3O5S/c1-3-30-21-11-10-19(17-22(21)31-4-2)12-13-24-23(27)20-9-8-16-26(18-20)32(28,29)25-14-6-5-7-15-25/h10-11,17,20H,3-9,12-16,18H2,1-2H3,(H,24,27). The normalized spacial score (nSPS) is 20.6. The van der Waals surface area contributed by atoms with Gasteiger partial charge in [0.2, 0.25) is 5.91 Å². The topological polar surface area (TPSA) is 88.2 Å². The maximum Gasteiger partial charge on any atom is 0.281 e. The first-order valence-electron chi connectivity index (χ1n) is 11.9. The molecule has 180 valence electrons. The Bertz CT molecular complexity index is 855. The van der Waals surface area contributed by atoms with Crippen LogP contribution in [0.1, 0.15) is 51.5 Å². The van der Waals surface area contributed by atoms with Crippen molar-refractivity contribution in [1.82, 2.24) is 13.9 Å². The van der Waals surface area contributed by atoms with Gasteiger partial charge in [-0.15, -0.1) is 0 Å². The summed E-state index contributed by atoms with van der Waals surface area (Å²) in [6.07, 6.45) is 5.00. The molecule has 0 aliphatic carbocycles. The van der Waals surface area contributed by atoms with Crippen LogP contribution in [0.5, 0.6) is 11.5 Å². The molecule has 2 heterocycles. The van der Waals surface area contributed by atoms with E-state index < -0.39 is 10.2 Å². The number of carbonyl (C=O) groups is 1. The van der Waals surface area contributed by atoms with Gasteiger partial charge in [0.25, 0.3) is 10.2 Å². The number of piperidine rings is 2. The van der Waals surface area contributed by atoms with Gasteiger partial charge in [-0.2, -0.15) is 17.0 Å². The number of rotatable bonds is 10. The zero-order chi connectivity index (χ0) is 23.0. The van der Waals surface area contributed by atoms with E-state index in [-0.39, 0.29) is 18.4 Å². The van der Waals surface area contributed by atoms with Gasteiger partial charge in [-0.05, 0) is 63.6 Å². The maximum absolute atomic E-state index is 13.0. The molecular formula is C23H37N3O5S. The quantitative estimate of drug-likeness (QED) is 0.571. The first-order chi connectivity index (χ1) is 15.5. The number of ether oxygens (including phenoxy) is 2. The Morgan fingerprint density at radius 1 is 1.00 bits per heavy atom. The summed E-state index contributed by atoms with van der Waals surface area (Å²) in [5.41, 5.74) is 1.05. The van der Waals surface area contributed by atoms with Gasteiger partial charge in [0, 0.05) is 32.7 Å². The number of amides is 1. The van der Waals surface area contributed by atoms with Crippen molar-refractivity contribution in [2.45, 2.75) is 52.4 Å². The van der Waals surface area contributed by atoms with Crippen LogP contribution < -0.4 is 14.8 Å². The highest BCUT2D eigenvalue weighted by atomic mass is 32.2. The number of carbonyl (C=O) groups excluding carboxylic acids is 1. The summed E-state index contributed by atoms with van der Waals surface area (Å²) in [5, 5.41) is 3.00. The lowest BCUT2D eigenvalue weighted by atomic mass is 9.99. The molecule has 1 amide bonds. The molecule has 9 heteroatoms. The van der Waals surface area contributed by atoms with Crippen LogP contribution in [0.15, 0.2) is 18.2 Å². The fraction of sp³-hybridized carbons (Fsp3) is 0.696. The van der Waals surface area contributed by atoms with Crippen molar-refractivity contribution in [2.75, 3.05) is 45.9 Å². The Labute approximate surface area is 192 Å². The van der Waals surface area contributed by atoms with Gasteiger partial charge in [0.15, 0.2) is 11.5 Å². The van der Waals surface area contributed by atoms with Gasteiger partial charge in [0.05, 0.1) is 19.1 Å². The molecule has 1 aromatic rings. The van der Waals surface area contributed by atoms with E-state index in [0.29, 0.717) is 58.0 Å². The average molecular weight is 468 g/mol. The molecular weight excluding hydrogens is 430 g/mol. The summed E-state index contributed by atoms with van der Waals surface area (Å²) in [4.78, 5) is 12.8. The second-order valence-corrected chi connectivity index (χ2v) is 10.3. The third-order valence-corrected chi connectivity index (χ3v) is 8.05. The van der Waals surface area contributed by atoms with E-state index in [1.165, 1.54) is 4.31 Å². The molecule has 8 nitrogen and oxygen atoms in total. The lowest BCUT2D eigenvalue weighted by Crippen LogP contribution is -2.51. The van der Waals surface area contributed by atoms with E-state index in [1.54, 1.807) is 4.31 Å². The summed E-state index contributed by atoms with van der Waals surface area (Å²) < 4.78 is 40.3. The van der Waals surface area contributed by atoms with E-state index in [4.69, 9.17) is 9.47 Å². The van der Waals surface area contributed by atoms with Crippen molar-refractivity contribution in [1.29, 1.82) is 0 Å². The fourth-order valence-corrected chi connectivity index (χ4v) is 6.12. The lowest BCUT2D eigenvalue weighted by Gasteiger charge is -2.36. The predicted molar refractivity (Wildman–Crippen MR) is 124 cm³/mol. The molecule has 2 fully saturated rings. The summed E-state index contributed by atoms with van der Waals surface area (Å²) in [6, 6.07) is 5.83. The van der Waals surface area contributed by atoms with Crippen molar-refractivity contribution in [3.63, 3.8) is 0 Å². The molecule has 1 unspecified atom stereocenters. The van der Waals surface area contributed by atoms with Gasteiger partial charge in [-0.1, -0.05) is 12.5 Å². The van der Waals surface area contributed by atoms with Crippen LogP contribution in [0, 0.1) is 5.92 Å². The molecule has 0 aromatic heterocycles. The largest absolute Gasteiger partial charge is 0.490 e. The van der Waals surface area contributed by atoms with Crippen molar-refractivity contribution >= 4 is 16.1 Å². The highest BCUT2D eigenvalue weighted by Gasteiger charge is 2.36. The monoisotopic (exact) mass is 467 g/mol. The molecule has 2 aliphatic heterocycles. The van der Waals surface area contributed by atoms with Crippen molar-refractivity contribution in [2.24, 2.45) is 5.92 Å². The second-order valence-electron chi connectivity index (χ2n) is 8.35. The molecule has 0 bridgehead atoms. The third-order valence-electron chi connectivity index (χ3n) is 6.04. The fourth-order valence-electron chi connectivity index (χ4n) is 4.35. The van der Waals surface area contributed by atoms with Crippen LogP contribution in [0.4, 0.5) is 0 Å². The highest BCUT2D eigenvalue weighted by molar-refractivity contribution is 7.86. The minimum absolute atomic E-state index is 0.0699. The average Bonchev–Trinajstić information content (AvgIpc) is 2.81. The Balaban J connectivity index is 1.52. The van der Waals surface area contributed by atoms with Crippen LogP contribution in [-0.2, 0) is 21.4 Å². The summed E-state index contributed by atoms with van der Waals surface area (Å²) in [6.45, 7) is 7.42. The van der Waals surface area contributed by atoms with Crippen molar-refractivity contribution < 1.29 is 22.7 Å². The van der Waals surface area contributed by atoms with E-state index in [2.05, 4.69) is 5.32 Å². The summed E-state index contributed by atoms with van der Waals surface area (Å²) in [5.74, 6) is 1.06. The smallest absolute Gasteiger partial charge is 0.281 e. The minimum Gasteiger partial charge on any atom is -0.490 e. The Kier molecular flexibility index (Phi) is 9.19. The highest BCUT2D eigenvalue weighted by Crippen LogP contribution is 2.29. The molecule has 0 spiro atoms. The molecule has 1 N–H and O–H groups in total. The zero-order valence-electron chi connectivity index (χ0n) is 19.3. The predicted octanol–water partition coefficient (Wildman–Crippen LogP) is 2.59. The molecule has 2 aliphatic rings. The van der Waals surface area contributed by atoms with Gasteiger partial charge >= 0.3 is 0 Å². The van der Waals surface area contributed by atoms with Crippen molar-refractivity contribution in [3.8, 4) is 11.5 Å². The third kappa shape index (κ3) is 6.36. The van der Waals surface area contributed by atoms with Gasteiger partial charge < -0.3 is 14.8 Å². The number of nitrogens with zero attached hydrogens (tertiary/aromatic N) is 2. The van der Waals surface area contributed by atoms with E-state index in [0.717, 1.165) is 37.0 Å². The summed E-state index contributed by atoms with van der Waals surface area (Å²) >= 11 is 0. The Hall–Kier alpha value is -1.84. The molecule has 1 aromatic carbocycles. The van der Waals surface area contributed by atoms with Crippen LogP contribution in [-0.4, -0.2) is 68.9 Å². The molecule has 0 saturated carbocycles. The van der Waals surface area contributed by atoms with E-state index in [1.807, 2.05) is 32.0 Å². The lowest BCUT2D eigenvalue weighted by molar-refractivity contribution is -0.126. The van der Waals surface area contributed by atoms with Gasteiger partial charge in [-0.25, -0.2) is 0 Å². The van der Waals surface area contributed by atoms with Gasteiger partial charge in [0.1, 0.15) is 0 Å². The second kappa shape index (κ2) is 11.9. The van der Waals surface area contributed by atoms with E-state index in [9.17, 15) is 13.2 Å². The molecule has 2 saturated heterocycles. The number of hydrogen-bond donors (Lipinski definition) is 1. The van der Waals surface area contributed by atoms with Crippen LogP contribution in [0.3, 0.4) is 0 Å². The first-order valence-corrected chi connectivity index (χ1v) is 13.3.